The van der Waals surface area contributed by atoms with E-state index in [9.17, 15) is 4.79 Å². The van der Waals surface area contributed by atoms with Gasteiger partial charge in [-0.15, -0.1) is 0 Å². The maximum atomic E-state index is 12.1. The molecule has 3 N–H and O–H groups in total. The van der Waals surface area contributed by atoms with Crippen molar-refractivity contribution in [3.05, 3.63) is 34.3 Å². The Morgan fingerprint density at radius 2 is 1.95 bits per heavy atom. The summed E-state index contributed by atoms with van der Waals surface area (Å²) in [6.45, 7) is 7.98. The van der Waals surface area contributed by atoms with Crippen molar-refractivity contribution in [1.82, 2.24) is 10.2 Å². The summed E-state index contributed by atoms with van der Waals surface area (Å²) in [7, 11) is 1.95. The minimum atomic E-state index is 0.00141. The van der Waals surface area contributed by atoms with Gasteiger partial charge in [0.25, 0.3) is 0 Å². The van der Waals surface area contributed by atoms with Crippen LogP contribution in [0.2, 0.25) is 0 Å². The number of carbonyl (C=O) groups is 1. The van der Waals surface area contributed by atoms with Gasteiger partial charge in [-0.25, -0.2) is 0 Å². The molecule has 0 fully saturated rings. The third kappa shape index (κ3) is 6.59. The Morgan fingerprint density at radius 3 is 2.48 bits per heavy atom. The Bertz CT molecular complexity index is 459. The van der Waals surface area contributed by atoms with Gasteiger partial charge in [-0.3, -0.25) is 9.69 Å². The molecular formula is C16H26BrN3O. The van der Waals surface area contributed by atoms with Crippen LogP contribution in [0.3, 0.4) is 0 Å². The van der Waals surface area contributed by atoms with E-state index in [0.717, 1.165) is 16.6 Å². The van der Waals surface area contributed by atoms with Crippen molar-refractivity contribution in [2.75, 3.05) is 26.7 Å². The van der Waals surface area contributed by atoms with Crippen LogP contribution in [0.5, 0.6) is 0 Å². The van der Waals surface area contributed by atoms with Crippen LogP contribution >= 0.6 is 15.9 Å². The van der Waals surface area contributed by atoms with Gasteiger partial charge in [0.1, 0.15) is 0 Å². The van der Waals surface area contributed by atoms with E-state index in [1.54, 1.807) is 0 Å². The third-order valence-electron chi connectivity index (χ3n) is 3.41. The van der Waals surface area contributed by atoms with E-state index in [2.05, 4.69) is 35.1 Å². The van der Waals surface area contributed by atoms with Gasteiger partial charge in [-0.1, -0.05) is 41.9 Å². The van der Waals surface area contributed by atoms with Crippen LogP contribution in [0.4, 0.5) is 0 Å². The summed E-state index contributed by atoms with van der Waals surface area (Å²) in [5, 5.41) is 3.02. The minimum Gasteiger partial charge on any atom is -0.348 e. The van der Waals surface area contributed by atoms with Crippen LogP contribution in [0.25, 0.3) is 0 Å². The highest BCUT2D eigenvalue weighted by Crippen LogP contribution is 2.17. The molecule has 4 nitrogen and oxygen atoms in total. The number of nitrogens with two attached hydrogens (primary N) is 1. The van der Waals surface area contributed by atoms with E-state index >= 15 is 0 Å². The van der Waals surface area contributed by atoms with Crippen molar-refractivity contribution in [2.24, 2.45) is 11.1 Å². The number of nitrogens with zero attached hydrogens (tertiary/aromatic N) is 1. The second-order valence-electron chi connectivity index (χ2n) is 6.38. The van der Waals surface area contributed by atoms with Crippen molar-refractivity contribution < 1.29 is 4.79 Å². The molecule has 21 heavy (non-hydrogen) atoms. The molecule has 0 bridgehead atoms. The molecule has 0 radical (unpaired) electrons. The zero-order chi connectivity index (χ0) is 16.0. The molecule has 0 saturated carbocycles. The third-order valence-corrected chi connectivity index (χ3v) is 3.94. The van der Waals surface area contributed by atoms with Crippen LogP contribution in [-0.2, 0) is 4.79 Å². The van der Waals surface area contributed by atoms with E-state index in [0.29, 0.717) is 13.1 Å². The highest BCUT2D eigenvalue weighted by Gasteiger charge is 2.20. The predicted octanol–water partition coefficient (Wildman–Crippen LogP) is 2.54. The number of nitrogens with one attached hydrogen (secondary N) is 1. The fourth-order valence-corrected chi connectivity index (χ4v) is 2.48. The van der Waals surface area contributed by atoms with E-state index < -0.39 is 0 Å². The molecule has 1 aromatic rings. The molecule has 1 aromatic carbocycles. The van der Waals surface area contributed by atoms with Crippen LogP contribution < -0.4 is 11.1 Å². The molecule has 0 aliphatic rings. The number of halogens is 1. The van der Waals surface area contributed by atoms with Crippen molar-refractivity contribution >= 4 is 21.8 Å². The molecule has 118 valence electrons. The number of likely N-dealkylation sites (N-methyl/N-ethyl adjacent to an activating group) is 1. The first-order chi connectivity index (χ1) is 9.73. The SMILES string of the molecule is CC(NC(=O)CN(C)CC(C)(C)CN)c1ccc(Br)cc1. The summed E-state index contributed by atoms with van der Waals surface area (Å²) in [6, 6.07) is 7.98. The highest BCUT2D eigenvalue weighted by molar-refractivity contribution is 9.10. The van der Waals surface area contributed by atoms with Crippen LogP contribution in [0, 0.1) is 5.41 Å². The van der Waals surface area contributed by atoms with Gasteiger partial charge in [0, 0.05) is 11.0 Å². The van der Waals surface area contributed by atoms with Crippen LogP contribution in [-0.4, -0.2) is 37.5 Å². The van der Waals surface area contributed by atoms with Crippen molar-refractivity contribution in [3.8, 4) is 0 Å². The standard InChI is InChI=1S/C16H26BrN3O/c1-12(13-5-7-14(17)8-6-13)19-15(21)9-20(4)11-16(2,3)10-18/h5-8,12H,9-11,18H2,1-4H3,(H,19,21). The molecule has 1 atom stereocenters. The van der Waals surface area contributed by atoms with Gasteiger partial charge < -0.3 is 11.1 Å². The molecule has 0 heterocycles. The maximum absolute atomic E-state index is 12.1. The van der Waals surface area contributed by atoms with Crippen molar-refractivity contribution in [3.63, 3.8) is 0 Å². The quantitative estimate of drug-likeness (QED) is 0.789. The van der Waals surface area contributed by atoms with Gasteiger partial charge in [0.2, 0.25) is 5.91 Å². The summed E-state index contributed by atoms with van der Waals surface area (Å²) < 4.78 is 1.04. The first-order valence-corrected chi connectivity index (χ1v) is 7.96. The lowest BCUT2D eigenvalue weighted by molar-refractivity contribution is -0.122. The fourth-order valence-electron chi connectivity index (χ4n) is 2.22. The number of hydrogen-bond acceptors (Lipinski definition) is 3. The lowest BCUT2D eigenvalue weighted by Gasteiger charge is -2.28. The molecule has 0 aliphatic heterocycles. The fraction of sp³-hybridized carbons (Fsp3) is 0.562. The zero-order valence-corrected chi connectivity index (χ0v) is 14.9. The molecule has 0 spiro atoms. The van der Waals surface area contributed by atoms with E-state index in [1.165, 1.54) is 0 Å². The van der Waals surface area contributed by atoms with E-state index in [-0.39, 0.29) is 17.4 Å². The van der Waals surface area contributed by atoms with Gasteiger partial charge in [-0.2, -0.15) is 0 Å². The van der Waals surface area contributed by atoms with Gasteiger partial charge in [-0.05, 0) is 43.6 Å². The Morgan fingerprint density at radius 1 is 1.38 bits per heavy atom. The van der Waals surface area contributed by atoms with Crippen LogP contribution in [0.1, 0.15) is 32.4 Å². The van der Waals surface area contributed by atoms with Crippen molar-refractivity contribution in [1.29, 1.82) is 0 Å². The van der Waals surface area contributed by atoms with Crippen molar-refractivity contribution in [2.45, 2.75) is 26.8 Å². The van der Waals surface area contributed by atoms with Gasteiger partial charge >= 0.3 is 0 Å². The maximum Gasteiger partial charge on any atom is 0.234 e. The first-order valence-electron chi connectivity index (χ1n) is 7.17. The molecule has 1 unspecified atom stereocenters. The number of carbonyl (C=O) groups excluding carboxylic acids is 1. The molecule has 1 rings (SSSR count). The first kappa shape index (κ1) is 18.1. The number of benzene rings is 1. The Hall–Kier alpha value is -0.910. The summed E-state index contributed by atoms with van der Waals surface area (Å²) in [4.78, 5) is 14.1. The highest BCUT2D eigenvalue weighted by atomic mass is 79.9. The predicted molar refractivity (Wildman–Crippen MR) is 91.0 cm³/mol. The summed E-state index contributed by atoms with van der Waals surface area (Å²) in [5.74, 6) is 0.0285. The molecular weight excluding hydrogens is 330 g/mol. The second-order valence-corrected chi connectivity index (χ2v) is 7.30. The minimum absolute atomic E-state index is 0.00141. The normalized spacial score (nSPS) is 13.3. The molecule has 5 heteroatoms. The summed E-state index contributed by atoms with van der Waals surface area (Å²) in [6.07, 6.45) is 0. The summed E-state index contributed by atoms with van der Waals surface area (Å²) in [5.41, 5.74) is 6.84. The smallest absolute Gasteiger partial charge is 0.234 e. The van der Waals surface area contributed by atoms with Crippen LogP contribution in [0.15, 0.2) is 28.7 Å². The topological polar surface area (TPSA) is 58.4 Å². The number of hydrogen-bond donors (Lipinski definition) is 2. The monoisotopic (exact) mass is 355 g/mol. The van der Waals surface area contributed by atoms with Gasteiger partial charge in [0.05, 0.1) is 12.6 Å². The molecule has 1 amide bonds. The number of amides is 1. The molecule has 0 aliphatic carbocycles. The van der Waals surface area contributed by atoms with E-state index in [4.69, 9.17) is 5.73 Å². The van der Waals surface area contributed by atoms with E-state index in [1.807, 2.05) is 43.1 Å². The Labute approximate surface area is 136 Å². The van der Waals surface area contributed by atoms with Gasteiger partial charge in [0.15, 0.2) is 0 Å². The lowest BCUT2D eigenvalue weighted by atomic mass is 9.93. The lowest BCUT2D eigenvalue weighted by Crippen LogP contribution is -2.42. The second kappa shape index (κ2) is 7.92. The Kier molecular flexibility index (Phi) is 6.84. The number of rotatable bonds is 7. The average molecular weight is 356 g/mol. The molecule has 0 saturated heterocycles. The summed E-state index contributed by atoms with van der Waals surface area (Å²) >= 11 is 3.41. The average Bonchev–Trinajstić information content (AvgIpc) is 2.38. The largest absolute Gasteiger partial charge is 0.348 e. The Balaban J connectivity index is 2.48. The molecule has 0 aromatic heterocycles. The zero-order valence-electron chi connectivity index (χ0n) is 13.3.